The molecule has 2 aromatic rings. The van der Waals surface area contributed by atoms with E-state index in [1.54, 1.807) is 6.07 Å². The predicted octanol–water partition coefficient (Wildman–Crippen LogP) is 4.03. The molecule has 1 aromatic heterocycles. The average molecular weight is 434 g/mol. The van der Waals surface area contributed by atoms with Crippen molar-refractivity contribution in [2.24, 2.45) is 5.41 Å². The van der Waals surface area contributed by atoms with Crippen molar-refractivity contribution in [2.75, 3.05) is 25.0 Å². The molecule has 0 atom stereocenters. The first-order valence-corrected chi connectivity index (χ1v) is 10.9. The smallest absolute Gasteiger partial charge is 0.256 e. The zero-order valence-electron chi connectivity index (χ0n) is 16.7. The number of carbonyl (C=O) groups is 2. The van der Waals surface area contributed by atoms with Gasteiger partial charge >= 0.3 is 0 Å². The fourth-order valence-electron chi connectivity index (χ4n) is 4.07. The monoisotopic (exact) mass is 433 g/mol. The maximum atomic E-state index is 12.7. The number of anilines is 1. The average Bonchev–Trinajstić information content (AvgIpc) is 3.35. The normalized spacial score (nSPS) is 17.1. The molecule has 1 fully saturated rings. The van der Waals surface area contributed by atoms with Crippen LogP contribution < -0.4 is 16.0 Å². The van der Waals surface area contributed by atoms with Crippen molar-refractivity contribution in [3.63, 3.8) is 0 Å². The molecule has 2 amide bonds. The van der Waals surface area contributed by atoms with Gasteiger partial charge in [-0.3, -0.25) is 9.59 Å². The number of carbonyl (C=O) groups excluding carboxylic acids is 2. The summed E-state index contributed by atoms with van der Waals surface area (Å²) < 4.78 is 0. The zero-order chi connectivity index (χ0) is 19.6. The first-order valence-electron chi connectivity index (χ1n) is 10.0. The molecular weight excluding hydrogens is 406 g/mol. The van der Waals surface area contributed by atoms with Crippen LogP contribution in [0.2, 0.25) is 0 Å². The van der Waals surface area contributed by atoms with E-state index in [-0.39, 0.29) is 29.6 Å². The minimum Gasteiger partial charge on any atom is -0.351 e. The van der Waals surface area contributed by atoms with Crippen LogP contribution in [0, 0.1) is 5.41 Å². The topological polar surface area (TPSA) is 70.2 Å². The van der Waals surface area contributed by atoms with Crippen molar-refractivity contribution < 1.29 is 9.59 Å². The number of aryl methyl sites for hydroxylation is 2. The van der Waals surface area contributed by atoms with E-state index in [4.69, 9.17) is 0 Å². The summed E-state index contributed by atoms with van der Waals surface area (Å²) in [6.45, 7) is 4.86. The fourth-order valence-corrected chi connectivity index (χ4v) is 4.85. The number of piperidine rings is 1. The second kappa shape index (κ2) is 9.28. The second-order valence-electron chi connectivity index (χ2n) is 8.20. The van der Waals surface area contributed by atoms with Crippen LogP contribution in [0.1, 0.15) is 58.0 Å². The molecule has 2 heterocycles. The van der Waals surface area contributed by atoms with Gasteiger partial charge in [-0.05, 0) is 85.3 Å². The Labute approximate surface area is 182 Å². The Morgan fingerprint density at radius 3 is 2.66 bits per heavy atom. The highest BCUT2D eigenvalue weighted by Crippen LogP contribution is 2.29. The number of hydrogen-bond acceptors (Lipinski definition) is 4. The Balaban J connectivity index is 0.00000240. The molecule has 1 saturated heterocycles. The maximum Gasteiger partial charge on any atom is 0.256 e. The summed E-state index contributed by atoms with van der Waals surface area (Å²) >= 11 is 1.38. The molecule has 0 spiro atoms. The summed E-state index contributed by atoms with van der Waals surface area (Å²) in [5, 5.41) is 11.8. The van der Waals surface area contributed by atoms with E-state index in [0.29, 0.717) is 22.7 Å². The second-order valence-corrected chi connectivity index (χ2v) is 9.11. The van der Waals surface area contributed by atoms with Gasteiger partial charge in [0.2, 0.25) is 0 Å². The Morgan fingerprint density at radius 1 is 1.10 bits per heavy atom. The summed E-state index contributed by atoms with van der Waals surface area (Å²) in [5.41, 5.74) is 3.94. The number of rotatable bonds is 5. The Bertz CT molecular complexity index is 890. The lowest BCUT2D eigenvalue weighted by atomic mass is 9.81. The molecule has 29 heavy (non-hydrogen) atoms. The van der Waals surface area contributed by atoms with E-state index in [2.05, 4.69) is 28.9 Å². The molecule has 5 nitrogen and oxygen atoms in total. The Hall–Kier alpha value is -1.89. The summed E-state index contributed by atoms with van der Waals surface area (Å²) in [5.74, 6) is -0.276. The van der Waals surface area contributed by atoms with Crippen LogP contribution in [0.15, 0.2) is 29.6 Å². The van der Waals surface area contributed by atoms with E-state index in [0.717, 1.165) is 45.2 Å². The van der Waals surface area contributed by atoms with E-state index in [9.17, 15) is 9.59 Å². The van der Waals surface area contributed by atoms with Crippen LogP contribution in [-0.4, -0.2) is 31.4 Å². The van der Waals surface area contributed by atoms with Crippen molar-refractivity contribution in [3.8, 4) is 0 Å². The minimum atomic E-state index is -0.156. The lowest BCUT2D eigenvalue weighted by Crippen LogP contribution is -2.42. The van der Waals surface area contributed by atoms with E-state index < -0.39 is 0 Å². The molecule has 7 heteroatoms. The van der Waals surface area contributed by atoms with Gasteiger partial charge in [-0.2, -0.15) is 0 Å². The van der Waals surface area contributed by atoms with Crippen molar-refractivity contribution in [1.82, 2.24) is 10.6 Å². The van der Waals surface area contributed by atoms with Gasteiger partial charge in [0.1, 0.15) is 5.00 Å². The van der Waals surface area contributed by atoms with Gasteiger partial charge in [0.25, 0.3) is 11.8 Å². The van der Waals surface area contributed by atoms with Crippen LogP contribution in [0.25, 0.3) is 0 Å². The number of thiophene rings is 1. The first kappa shape index (κ1) is 21.8. The molecular formula is C22H28ClN3O2S. The minimum absolute atomic E-state index is 0. The van der Waals surface area contributed by atoms with Gasteiger partial charge in [0.15, 0.2) is 0 Å². The fraction of sp³-hybridized carbons (Fsp3) is 0.455. The predicted molar refractivity (Wildman–Crippen MR) is 121 cm³/mol. The molecule has 4 rings (SSSR count). The number of halogens is 1. The van der Waals surface area contributed by atoms with E-state index >= 15 is 0 Å². The molecule has 2 aliphatic rings. The van der Waals surface area contributed by atoms with Gasteiger partial charge in [0.05, 0.1) is 5.56 Å². The molecule has 0 radical (unpaired) electrons. The molecule has 0 bridgehead atoms. The van der Waals surface area contributed by atoms with Crippen LogP contribution in [0.4, 0.5) is 5.00 Å². The maximum absolute atomic E-state index is 12.7. The summed E-state index contributed by atoms with van der Waals surface area (Å²) in [4.78, 5) is 25.4. The largest absolute Gasteiger partial charge is 0.351 e. The standard InChI is InChI=1S/C22H27N3O2S.ClH/c1-22(8-10-23-11-9-22)14-24-20(27)18-7-12-28-21(18)25-19(26)17-6-5-15-3-2-4-16(15)13-17;/h5-7,12-13,23H,2-4,8-11,14H2,1H3,(H,24,27)(H,25,26);1H. The van der Waals surface area contributed by atoms with Gasteiger partial charge < -0.3 is 16.0 Å². The Morgan fingerprint density at radius 2 is 1.86 bits per heavy atom. The number of nitrogens with one attached hydrogen (secondary N) is 3. The lowest BCUT2D eigenvalue weighted by Gasteiger charge is -2.34. The number of fused-ring (bicyclic) bond motifs is 1. The van der Waals surface area contributed by atoms with Gasteiger partial charge in [-0.25, -0.2) is 0 Å². The first-order chi connectivity index (χ1) is 13.5. The highest BCUT2D eigenvalue weighted by Gasteiger charge is 2.27. The zero-order valence-corrected chi connectivity index (χ0v) is 18.3. The van der Waals surface area contributed by atoms with E-state index in [1.807, 2.05) is 17.5 Å². The van der Waals surface area contributed by atoms with Crippen LogP contribution in [0.3, 0.4) is 0 Å². The Kier molecular flexibility index (Phi) is 6.98. The molecule has 1 aliphatic carbocycles. The summed E-state index contributed by atoms with van der Waals surface area (Å²) in [6.07, 6.45) is 5.40. The summed E-state index contributed by atoms with van der Waals surface area (Å²) in [7, 11) is 0. The molecule has 156 valence electrons. The summed E-state index contributed by atoms with van der Waals surface area (Å²) in [6, 6.07) is 7.70. The van der Waals surface area contributed by atoms with Gasteiger partial charge in [-0.1, -0.05) is 13.0 Å². The third kappa shape index (κ3) is 5.00. The van der Waals surface area contributed by atoms with Gasteiger partial charge in [0, 0.05) is 12.1 Å². The SMILES string of the molecule is CC1(CNC(=O)c2ccsc2NC(=O)c2ccc3c(c2)CCC3)CCNCC1.Cl. The quantitative estimate of drug-likeness (QED) is 0.666. The van der Waals surface area contributed by atoms with Crippen molar-refractivity contribution in [2.45, 2.75) is 39.0 Å². The van der Waals surface area contributed by atoms with Crippen LogP contribution >= 0.6 is 23.7 Å². The van der Waals surface area contributed by atoms with E-state index in [1.165, 1.54) is 22.5 Å². The molecule has 1 aromatic carbocycles. The van der Waals surface area contributed by atoms with Crippen molar-refractivity contribution >= 4 is 40.6 Å². The van der Waals surface area contributed by atoms with Crippen LogP contribution in [-0.2, 0) is 12.8 Å². The molecule has 3 N–H and O–H groups in total. The highest BCUT2D eigenvalue weighted by atomic mass is 35.5. The van der Waals surface area contributed by atoms with Gasteiger partial charge in [-0.15, -0.1) is 23.7 Å². The molecule has 0 saturated carbocycles. The third-order valence-electron chi connectivity index (χ3n) is 5.98. The molecule has 0 unspecified atom stereocenters. The number of amides is 2. The number of benzene rings is 1. The highest BCUT2D eigenvalue weighted by molar-refractivity contribution is 7.14. The van der Waals surface area contributed by atoms with Crippen molar-refractivity contribution in [3.05, 3.63) is 51.9 Å². The number of hydrogen-bond donors (Lipinski definition) is 3. The third-order valence-corrected chi connectivity index (χ3v) is 6.81. The molecule has 1 aliphatic heterocycles. The van der Waals surface area contributed by atoms with Crippen LogP contribution in [0.5, 0.6) is 0 Å². The van der Waals surface area contributed by atoms with Crippen molar-refractivity contribution in [1.29, 1.82) is 0 Å². The lowest BCUT2D eigenvalue weighted by molar-refractivity contribution is 0.0923.